The van der Waals surface area contributed by atoms with Gasteiger partial charge in [-0.05, 0) is 35.4 Å². The van der Waals surface area contributed by atoms with E-state index in [4.69, 9.17) is 4.74 Å². The Morgan fingerprint density at radius 1 is 1.22 bits per heavy atom. The van der Waals surface area contributed by atoms with Gasteiger partial charge in [-0.15, -0.1) is 11.8 Å². The number of hydrogen-bond acceptors (Lipinski definition) is 6. The van der Waals surface area contributed by atoms with E-state index in [2.05, 4.69) is 17.1 Å². The van der Waals surface area contributed by atoms with Crippen molar-refractivity contribution >= 4 is 29.6 Å². The average molecular weight is 385 g/mol. The Bertz CT molecular complexity index is 805. The molecule has 0 aliphatic carbocycles. The zero-order valence-corrected chi connectivity index (χ0v) is 15.4. The molecule has 2 rings (SSSR count). The van der Waals surface area contributed by atoms with Crippen molar-refractivity contribution in [1.82, 2.24) is 5.43 Å². The van der Waals surface area contributed by atoms with Gasteiger partial charge in [-0.1, -0.05) is 24.8 Å². The van der Waals surface area contributed by atoms with Crippen molar-refractivity contribution in [2.24, 2.45) is 5.10 Å². The first kappa shape index (κ1) is 20.2. The molecule has 0 fully saturated rings. The van der Waals surface area contributed by atoms with Crippen LogP contribution in [0.25, 0.3) is 0 Å². The van der Waals surface area contributed by atoms with Gasteiger partial charge in [0.2, 0.25) is 5.91 Å². The topological polar surface area (TPSA) is 93.8 Å². The molecule has 7 nitrogen and oxygen atoms in total. The maximum Gasteiger partial charge on any atom is 0.269 e. The molecule has 0 aromatic heterocycles. The summed E-state index contributed by atoms with van der Waals surface area (Å²) in [4.78, 5) is 21.9. The second kappa shape index (κ2) is 10.8. The highest BCUT2D eigenvalue weighted by Gasteiger charge is 2.05. The Morgan fingerprint density at radius 3 is 2.56 bits per heavy atom. The molecule has 27 heavy (non-hydrogen) atoms. The summed E-state index contributed by atoms with van der Waals surface area (Å²) < 4.78 is 5.38. The van der Waals surface area contributed by atoms with Gasteiger partial charge < -0.3 is 4.74 Å². The molecule has 0 aliphatic rings. The fourth-order valence-electron chi connectivity index (χ4n) is 1.99. The molecule has 0 unspecified atom stereocenters. The highest BCUT2D eigenvalue weighted by Crippen LogP contribution is 2.16. The Morgan fingerprint density at radius 2 is 1.93 bits per heavy atom. The molecular weight excluding hydrogens is 366 g/mol. The molecule has 0 spiro atoms. The summed E-state index contributed by atoms with van der Waals surface area (Å²) >= 11 is 1.40. The molecular formula is C19H19N3O4S. The van der Waals surface area contributed by atoms with Gasteiger partial charge in [0.05, 0.1) is 16.9 Å². The van der Waals surface area contributed by atoms with Crippen molar-refractivity contribution in [1.29, 1.82) is 0 Å². The Balaban J connectivity index is 1.70. The molecule has 140 valence electrons. The maximum atomic E-state index is 11.8. The van der Waals surface area contributed by atoms with Crippen molar-refractivity contribution in [3.05, 3.63) is 82.4 Å². The second-order valence-corrected chi connectivity index (χ2v) is 6.36. The molecule has 0 aliphatic heterocycles. The first-order valence-electron chi connectivity index (χ1n) is 8.05. The van der Waals surface area contributed by atoms with Gasteiger partial charge in [-0.3, -0.25) is 14.9 Å². The number of ether oxygens (including phenoxy) is 1. The van der Waals surface area contributed by atoms with Crippen LogP contribution in [0.1, 0.15) is 11.1 Å². The van der Waals surface area contributed by atoms with Gasteiger partial charge in [-0.25, -0.2) is 5.43 Å². The quantitative estimate of drug-likeness (QED) is 0.292. The first-order chi connectivity index (χ1) is 13.1. The number of carbonyl (C=O) groups excluding carboxylic acids is 1. The van der Waals surface area contributed by atoms with Gasteiger partial charge in [0.1, 0.15) is 12.4 Å². The third-order valence-corrected chi connectivity index (χ3v) is 4.30. The van der Waals surface area contributed by atoms with Crippen molar-refractivity contribution in [3.63, 3.8) is 0 Å². The molecule has 2 aromatic rings. The third kappa shape index (κ3) is 7.33. The number of thioether (sulfide) groups is 1. The molecule has 0 heterocycles. The lowest BCUT2D eigenvalue weighted by molar-refractivity contribution is -0.384. The third-order valence-electron chi connectivity index (χ3n) is 3.30. The zero-order valence-electron chi connectivity index (χ0n) is 14.5. The van der Waals surface area contributed by atoms with Gasteiger partial charge in [-0.2, -0.15) is 5.10 Å². The number of nitrogens with one attached hydrogen (secondary N) is 1. The van der Waals surface area contributed by atoms with E-state index in [0.717, 1.165) is 16.9 Å². The van der Waals surface area contributed by atoms with Crippen molar-refractivity contribution < 1.29 is 14.5 Å². The van der Waals surface area contributed by atoms with Crippen LogP contribution in [0.15, 0.2) is 66.3 Å². The number of hydrazone groups is 1. The number of amides is 1. The number of non-ortho nitro benzene ring substituents is 1. The number of rotatable bonds is 10. The SMILES string of the molecule is C=CCOc1ccc(/C=N\NC(=O)CSCc2ccc([N+](=O)[O-])cc2)cc1. The molecule has 1 N–H and O–H groups in total. The van der Waals surface area contributed by atoms with Crippen LogP contribution < -0.4 is 10.2 Å². The van der Waals surface area contributed by atoms with Crippen LogP contribution in [0.4, 0.5) is 5.69 Å². The number of nitro benzene ring substituents is 1. The maximum absolute atomic E-state index is 11.8. The van der Waals surface area contributed by atoms with Gasteiger partial charge >= 0.3 is 0 Å². The molecule has 0 saturated heterocycles. The summed E-state index contributed by atoms with van der Waals surface area (Å²) in [6.07, 6.45) is 3.22. The number of nitro groups is 1. The summed E-state index contributed by atoms with van der Waals surface area (Å²) in [6, 6.07) is 13.6. The lowest BCUT2D eigenvalue weighted by Crippen LogP contribution is -2.19. The van der Waals surface area contributed by atoms with Crippen LogP contribution >= 0.6 is 11.8 Å². The molecule has 1 amide bonds. The summed E-state index contributed by atoms with van der Waals surface area (Å²) in [7, 11) is 0. The minimum Gasteiger partial charge on any atom is -0.490 e. The summed E-state index contributed by atoms with van der Waals surface area (Å²) in [5, 5.41) is 14.5. The normalized spacial score (nSPS) is 10.5. The highest BCUT2D eigenvalue weighted by molar-refractivity contribution is 7.99. The number of carbonyl (C=O) groups is 1. The highest BCUT2D eigenvalue weighted by atomic mass is 32.2. The van der Waals surface area contributed by atoms with Crippen LogP contribution in [-0.4, -0.2) is 29.4 Å². The van der Waals surface area contributed by atoms with E-state index < -0.39 is 4.92 Å². The summed E-state index contributed by atoms with van der Waals surface area (Å²) in [6.45, 7) is 4.03. The van der Waals surface area contributed by atoms with E-state index in [1.54, 1.807) is 24.4 Å². The Kier molecular flexibility index (Phi) is 8.05. The molecule has 8 heteroatoms. The zero-order chi connectivity index (χ0) is 19.5. The fourth-order valence-corrected chi connectivity index (χ4v) is 2.77. The van der Waals surface area contributed by atoms with E-state index >= 15 is 0 Å². The van der Waals surface area contributed by atoms with Crippen LogP contribution in [0.5, 0.6) is 5.75 Å². The van der Waals surface area contributed by atoms with Gasteiger partial charge in [0.15, 0.2) is 0 Å². The second-order valence-electron chi connectivity index (χ2n) is 5.38. The lowest BCUT2D eigenvalue weighted by Gasteiger charge is -2.03. The molecule has 0 saturated carbocycles. The lowest BCUT2D eigenvalue weighted by atomic mass is 10.2. The molecule has 0 bridgehead atoms. The molecule has 2 aromatic carbocycles. The van der Waals surface area contributed by atoms with E-state index in [9.17, 15) is 14.9 Å². The number of nitrogens with zero attached hydrogens (tertiary/aromatic N) is 2. The molecule has 0 atom stereocenters. The van der Waals surface area contributed by atoms with Crippen molar-refractivity contribution in [3.8, 4) is 5.75 Å². The number of hydrogen-bond donors (Lipinski definition) is 1. The fraction of sp³-hybridized carbons (Fsp3) is 0.158. The Labute approximate surface area is 161 Å². The predicted molar refractivity (Wildman–Crippen MR) is 107 cm³/mol. The van der Waals surface area contributed by atoms with Crippen molar-refractivity contribution in [2.75, 3.05) is 12.4 Å². The summed E-state index contributed by atoms with van der Waals surface area (Å²) in [5.74, 6) is 1.34. The standard InChI is InChI=1S/C19H19N3O4S/c1-2-11-26-18-9-5-15(6-10-18)12-20-21-19(23)14-27-13-16-3-7-17(8-4-16)22(24)25/h2-10,12H,1,11,13-14H2,(H,21,23)/b20-12-. The van der Waals surface area contributed by atoms with Gasteiger partial charge in [0, 0.05) is 17.9 Å². The first-order valence-corrected chi connectivity index (χ1v) is 9.20. The average Bonchev–Trinajstić information content (AvgIpc) is 2.68. The predicted octanol–water partition coefficient (Wildman–Crippen LogP) is 3.54. The largest absolute Gasteiger partial charge is 0.490 e. The van der Waals surface area contributed by atoms with E-state index in [1.165, 1.54) is 23.9 Å². The van der Waals surface area contributed by atoms with E-state index in [-0.39, 0.29) is 17.3 Å². The monoisotopic (exact) mass is 385 g/mol. The van der Waals surface area contributed by atoms with E-state index in [0.29, 0.717) is 12.4 Å². The smallest absolute Gasteiger partial charge is 0.269 e. The van der Waals surface area contributed by atoms with Gasteiger partial charge in [0.25, 0.3) is 5.69 Å². The number of benzene rings is 2. The Hall–Kier alpha value is -3.13. The summed E-state index contributed by atoms with van der Waals surface area (Å²) in [5.41, 5.74) is 4.27. The van der Waals surface area contributed by atoms with Crippen LogP contribution in [0, 0.1) is 10.1 Å². The van der Waals surface area contributed by atoms with Crippen LogP contribution in [0.2, 0.25) is 0 Å². The van der Waals surface area contributed by atoms with Crippen LogP contribution in [0.3, 0.4) is 0 Å². The van der Waals surface area contributed by atoms with E-state index in [1.807, 2.05) is 24.3 Å². The minimum atomic E-state index is -0.440. The minimum absolute atomic E-state index is 0.0520. The molecule has 0 radical (unpaired) electrons. The van der Waals surface area contributed by atoms with Crippen LogP contribution in [-0.2, 0) is 10.5 Å². The van der Waals surface area contributed by atoms with Crippen molar-refractivity contribution in [2.45, 2.75) is 5.75 Å².